The van der Waals surface area contributed by atoms with Crippen LogP contribution in [0.1, 0.15) is 16.7 Å². The molecule has 2 aromatic carbocycles. The Hall–Kier alpha value is -3.89. The van der Waals surface area contributed by atoms with Gasteiger partial charge in [-0.3, -0.25) is 9.88 Å². The van der Waals surface area contributed by atoms with E-state index in [9.17, 15) is 4.79 Å². The molecule has 0 saturated carbocycles. The van der Waals surface area contributed by atoms with Crippen LogP contribution < -0.4 is 10.1 Å². The minimum absolute atomic E-state index is 0.0909. The maximum absolute atomic E-state index is 12.9. The van der Waals surface area contributed by atoms with Crippen molar-refractivity contribution in [2.24, 2.45) is 0 Å². The van der Waals surface area contributed by atoms with Gasteiger partial charge in [0.25, 0.3) is 0 Å². The van der Waals surface area contributed by atoms with E-state index in [1.807, 2.05) is 78.0 Å². The smallest absolute Gasteiger partial charge is 0.321 e. The van der Waals surface area contributed by atoms with E-state index in [0.29, 0.717) is 26.1 Å². The van der Waals surface area contributed by atoms with Crippen LogP contribution in [0.5, 0.6) is 5.75 Å². The van der Waals surface area contributed by atoms with E-state index in [4.69, 9.17) is 10.00 Å². The Morgan fingerprint density at radius 2 is 1.70 bits per heavy atom. The topological polar surface area (TPSA) is 81.5 Å². The number of benzene rings is 2. The number of urea groups is 1. The number of hydrogen-bond acceptors (Lipinski definition) is 5. The fourth-order valence-electron chi connectivity index (χ4n) is 3.77. The Labute approximate surface area is 194 Å². The largest absolute Gasteiger partial charge is 0.489 e. The van der Waals surface area contributed by atoms with E-state index < -0.39 is 0 Å². The van der Waals surface area contributed by atoms with Crippen LogP contribution in [0.4, 0.5) is 10.5 Å². The molecule has 1 aromatic heterocycles. The van der Waals surface area contributed by atoms with Crippen LogP contribution in [0.3, 0.4) is 0 Å². The molecule has 0 atom stereocenters. The minimum atomic E-state index is -0.0909. The molecular formula is C26H27N5O2. The third kappa shape index (κ3) is 6.31. The summed E-state index contributed by atoms with van der Waals surface area (Å²) in [5.74, 6) is 0.725. The highest BCUT2D eigenvalue weighted by Gasteiger charge is 2.21. The summed E-state index contributed by atoms with van der Waals surface area (Å²) in [6.07, 6.45) is 4.00. The third-order valence-corrected chi connectivity index (χ3v) is 5.67. The van der Waals surface area contributed by atoms with Crippen molar-refractivity contribution < 1.29 is 9.53 Å². The van der Waals surface area contributed by atoms with E-state index in [1.165, 1.54) is 5.56 Å². The Morgan fingerprint density at radius 1 is 0.970 bits per heavy atom. The average molecular weight is 442 g/mol. The summed E-state index contributed by atoms with van der Waals surface area (Å²) in [7, 11) is 0. The fraction of sp³-hybridized carbons (Fsp3) is 0.269. The molecular weight excluding hydrogens is 414 g/mol. The highest BCUT2D eigenvalue weighted by atomic mass is 16.5. The van der Waals surface area contributed by atoms with Gasteiger partial charge in [-0.05, 0) is 41.5 Å². The lowest BCUT2D eigenvalue weighted by molar-refractivity contribution is 0.143. The molecule has 1 saturated heterocycles. The molecule has 3 aromatic rings. The first-order valence-corrected chi connectivity index (χ1v) is 11.0. The van der Waals surface area contributed by atoms with Crippen molar-refractivity contribution in [1.29, 1.82) is 5.26 Å². The molecule has 2 amide bonds. The van der Waals surface area contributed by atoms with Gasteiger partial charge in [-0.15, -0.1) is 0 Å². The van der Waals surface area contributed by atoms with Crippen molar-refractivity contribution in [2.75, 3.05) is 31.5 Å². The van der Waals surface area contributed by atoms with Gasteiger partial charge in [0, 0.05) is 56.4 Å². The number of nitrogens with one attached hydrogen (secondary N) is 1. The van der Waals surface area contributed by atoms with Crippen LogP contribution in [0.25, 0.3) is 0 Å². The van der Waals surface area contributed by atoms with E-state index in [1.54, 1.807) is 0 Å². The van der Waals surface area contributed by atoms with Gasteiger partial charge in [-0.1, -0.05) is 30.3 Å². The first-order valence-electron chi connectivity index (χ1n) is 11.0. The van der Waals surface area contributed by atoms with E-state index in [0.717, 1.165) is 42.2 Å². The van der Waals surface area contributed by atoms with Crippen molar-refractivity contribution in [3.63, 3.8) is 0 Å². The first-order chi connectivity index (χ1) is 16.2. The van der Waals surface area contributed by atoms with Gasteiger partial charge < -0.3 is 15.0 Å². The SMILES string of the molecule is N#CCc1ccc(OCc2ccccc2NC(=O)N2CCN(Cc3ccncc3)CC2)cc1. The maximum Gasteiger partial charge on any atom is 0.321 e. The number of para-hydroxylation sites is 1. The number of nitriles is 1. The number of aromatic nitrogens is 1. The van der Waals surface area contributed by atoms with Crippen molar-refractivity contribution >= 4 is 11.7 Å². The van der Waals surface area contributed by atoms with Crippen LogP contribution in [-0.2, 0) is 19.6 Å². The normalized spacial score (nSPS) is 13.8. The molecule has 7 heteroatoms. The predicted octanol–water partition coefficient (Wildman–Crippen LogP) is 4.08. The Morgan fingerprint density at radius 3 is 2.42 bits per heavy atom. The standard InChI is InChI=1S/C26H27N5O2/c27-12-9-21-5-7-24(8-6-21)33-20-23-3-1-2-4-25(23)29-26(32)31-17-15-30(16-18-31)19-22-10-13-28-14-11-22/h1-8,10-11,13-14H,9,15-20H2,(H,29,32). The molecule has 0 aliphatic carbocycles. The molecule has 0 unspecified atom stereocenters. The van der Waals surface area contributed by atoms with Gasteiger partial charge >= 0.3 is 6.03 Å². The highest BCUT2D eigenvalue weighted by molar-refractivity contribution is 5.90. The first kappa shape index (κ1) is 22.3. The van der Waals surface area contributed by atoms with Gasteiger partial charge in [-0.25, -0.2) is 4.79 Å². The van der Waals surface area contributed by atoms with Gasteiger partial charge in [0.2, 0.25) is 0 Å². The number of carbonyl (C=O) groups is 1. The van der Waals surface area contributed by atoms with Crippen LogP contribution in [0, 0.1) is 11.3 Å². The summed E-state index contributed by atoms with van der Waals surface area (Å²) in [6, 6.07) is 21.3. The van der Waals surface area contributed by atoms with Crippen LogP contribution >= 0.6 is 0 Å². The lowest BCUT2D eigenvalue weighted by Crippen LogP contribution is -2.49. The molecule has 1 aliphatic heterocycles. The Balaban J connectivity index is 1.29. The van der Waals surface area contributed by atoms with E-state index >= 15 is 0 Å². The van der Waals surface area contributed by atoms with Gasteiger partial charge in [0.05, 0.1) is 12.5 Å². The summed E-state index contributed by atoms with van der Waals surface area (Å²) in [6.45, 7) is 4.25. The molecule has 1 N–H and O–H groups in total. The van der Waals surface area contributed by atoms with Gasteiger partial charge in [0.15, 0.2) is 0 Å². The molecule has 1 fully saturated rings. The molecule has 0 bridgehead atoms. The summed E-state index contributed by atoms with van der Waals surface area (Å²) in [5, 5.41) is 11.8. The fourth-order valence-corrected chi connectivity index (χ4v) is 3.77. The maximum atomic E-state index is 12.9. The quantitative estimate of drug-likeness (QED) is 0.598. The number of pyridine rings is 1. The van der Waals surface area contributed by atoms with Crippen LogP contribution in [0.2, 0.25) is 0 Å². The highest BCUT2D eigenvalue weighted by Crippen LogP contribution is 2.20. The molecule has 0 spiro atoms. The molecule has 4 rings (SSSR count). The van der Waals surface area contributed by atoms with Gasteiger partial charge in [-0.2, -0.15) is 5.26 Å². The van der Waals surface area contributed by atoms with Crippen molar-refractivity contribution in [3.8, 4) is 11.8 Å². The molecule has 1 aliphatic rings. The predicted molar refractivity (Wildman–Crippen MR) is 127 cm³/mol. The minimum Gasteiger partial charge on any atom is -0.489 e. The molecule has 2 heterocycles. The molecule has 168 valence electrons. The Bertz CT molecular complexity index is 1090. The monoisotopic (exact) mass is 441 g/mol. The lowest BCUT2D eigenvalue weighted by atomic mass is 10.1. The second kappa shape index (κ2) is 11.1. The summed E-state index contributed by atoms with van der Waals surface area (Å²) < 4.78 is 5.90. The molecule has 7 nitrogen and oxygen atoms in total. The second-order valence-corrected chi connectivity index (χ2v) is 7.97. The van der Waals surface area contributed by atoms with Crippen LogP contribution in [0.15, 0.2) is 73.1 Å². The summed E-state index contributed by atoms with van der Waals surface area (Å²) in [4.78, 5) is 21.1. The zero-order valence-electron chi connectivity index (χ0n) is 18.5. The van der Waals surface area contributed by atoms with Crippen molar-refractivity contribution in [3.05, 3.63) is 89.7 Å². The zero-order valence-corrected chi connectivity index (χ0v) is 18.5. The lowest BCUT2D eigenvalue weighted by Gasteiger charge is -2.34. The van der Waals surface area contributed by atoms with Crippen LogP contribution in [-0.4, -0.2) is 47.0 Å². The van der Waals surface area contributed by atoms with Crippen molar-refractivity contribution in [1.82, 2.24) is 14.8 Å². The number of anilines is 1. The molecule has 33 heavy (non-hydrogen) atoms. The zero-order chi connectivity index (χ0) is 22.9. The summed E-state index contributed by atoms with van der Waals surface area (Å²) >= 11 is 0. The number of amides is 2. The number of piperazine rings is 1. The third-order valence-electron chi connectivity index (χ3n) is 5.67. The average Bonchev–Trinajstić information content (AvgIpc) is 2.86. The van der Waals surface area contributed by atoms with E-state index in [-0.39, 0.29) is 6.03 Å². The number of carbonyl (C=O) groups excluding carboxylic acids is 1. The van der Waals surface area contributed by atoms with Gasteiger partial charge in [0.1, 0.15) is 12.4 Å². The summed E-state index contributed by atoms with van der Waals surface area (Å²) in [5.41, 5.74) is 3.85. The second-order valence-electron chi connectivity index (χ2n) is 7.97. The number of hydrogen-bond donors (Lipinski definition) is 1. The number of rotatable bonds is 7. The number of ether oxygens (including phenoxy) is 1. The van der Waals surface area contributed by atoms with E-state index in [2.05, 4.69) is 21.3 Å². The molecule has 0 radical (unpaired) electrons. The Kier molecular flexibility index (Phi) is 7.52. The van der Waals surface area contributed by atoms with Crippen molar-refractivity contribution in [2.45, 2.75) is 19.6 Å². The number of nitrogens with zero attached hydrogens (tertiary/aromatic N) is 4.